The molecule has 0 bridgehead atoms. The van der Waals surface area contributed by atoms with Crippen molar-refractivity contribution >= 4 is 11.5 Å². The van der Waals surface area contributed by atoms with Crippen molar-refractivity contribution in [2.24, 2.45) is 0 Å². The first kappa shape index (κ1) is 16.3. The molecule has 0 fully saturated rings. The quantitative estimate of drug-likeness (QED) is 0.396. The molecule has 1 heterocycles. The number of benzene rings is 2. The summed E-state index contributed by atoms with van der Waals surface area (Å²) in [6, 6.07) is 14.3. The monoisotopic (exact) mass is 338 g/mol. The van der Waals surface area contributed by atoms with E-state index in [0.717, 1.165) is 6.20 Å². The highest BCUT2D eigenvalue weighted by Gasteiger charge is 2.10. The second-order valence-electron chi connectivity index (χ2n) is 5.07. The normalized spacial score (nSPS) is 10.3. The highest BCUT2D eigenvalue weighted by Crippen LogP contribution is 2.22. The minimum atomic E-state index is -0.549. The van der Waals surface area contributed by atoms with Crippen LogP contribution >= 0.6 is 0 Å². The van der Waals surface area contributed by atoms with Gasteiger partial charge in [0.05, 0.1) is 4.92 Å². The third kappa shape index (κ3) is 3.84. The first-order valence-corrected chi connectivity index (χ1v) is 7.21. The van der Waals surface area contributed by atoms with E-state index in [2.05, 4.69) is 4.98 Å². The molecule has 0 radical (unpaired) electrons. The molecule has 1 aromatic heterocycles. The summed E-state index contributed by atoms with van der Waals surface area (Å²) >= 11 is 0. The summed E-state index contributed by atoms with van der Waals surface area (Å²) in [6.07, 6.45) is 1.10. The molecular weight excluding hydrogens is 327 g/mol. The second-order valence-corrected chi connectivity index (χ2v) is 5.07. The Balaban J connectivity index is 1.72. The van der Waals surface area contributed by atoms with Crippen molar-refractivity contribution in [2.75, 3.05) is 0 Å². The topological polar surface area (TPSA) is 82.3 Å². The predicted octanol–water partition coefficient (Wildman–Crippen LogP) is 4.15. The summed E-state index contributed by atoms with van der Waals surface area (Å²) in [5.41, 5.74) is 0.676. The molecule has 0 N–H and O–H groups in total. The van der Waals surface area contributed by atoms with E-state index < -0.39 is 10.7 Å². The number of ketones is 1. The van der Waals surface area contributed by atoms with Crippen LogP contribution in [0.15, 0.2) is 66.9 Å². The van der Waals surface area contributed by atoms with Crippen LogP contribution in [0, 0.1) is 15.9 Å². The van der Waals surface area contributed by atoms with Crippen LogP contribution in [0.5, 0.6) is 11.6 Å². The molecule has 0 spiro atoms. The first-order valence-electron chi connectivity index (χ1n) is 7.21. The van der Waals surface area contributed by atoms with Crippen molar-refractivity contribution < 1.29 is 18.8 Å². The largest absolute Gasteiger partial charge is 0.439 e. The van der Waals surface area contributed by atoms with Crippen molar-refractivity contribution in [1.82, 2.24) is 4.98 Å². The number of halogens is 1. The Morgan fingerprint density at radius 2 is 1.56 bits per heavy atom. The van der Waals surface area contributed by atoms with E-state index >= 15 is 0 Å². The minimum absolute atomic E-state index is 0.132. The molecule has 0 aliphatic heterocycles. The second kappa shape index (κ2) is 6.88. The Morgan fingerprint density at radius 3 is 2.08 bits per heavy atom. The van der Waals surface area contributed by atoms with Crippen molar-refractivity contribution in [3.8, 4) is 11.6 Å². The third-order valence-electron chi connectivity index (χ3n) is 3.38. The van der Waals surface area contributed by atoms with Crippen LogP contribution in [0.2, 0.25) is 0 Å². The Kier molecular flexibility index (Phi) is 4.47. The lowest BCUT2D eigenvalue weighted by molar-refractivity contribution is -0.385. The molecule has 0 atom stereocenters. The van der Waals surface area contributed by atoms with Crippen LogP contribution in [-0.2, 0) is 0 Å². The number of hydrogen-bond acceptors (Lipinski definition) is 5. The lowest BCUT2D eigenvalue weighted by Gasteiger charge is -2.06. The number of rotatable bonds is 5. The SMILES string of the molecule is O=C(c1ccc(F)cc1)c1ccc(Oc2ccc([N+](=O)[O-])cn2)cc1. The number of ether oxygens (including phenoxy) is 1. The standard InChI is InChI=1S/C18H11FN2O4/c19-14-5-1-12(2-6-14)18(22)13-3-8-16(9-4-13)25-17-10-7-15(11-20-17)21(23)24/h1-11H. The number of nitrogens with zero attached hydrogens (tertiary/aromatic N) is 2. The summed E-state index contributed by atoms with van der Waals surface area (Å²) in [5, 5.41) is 10.6. The number of nitro groups is 1. The first-order chi connectivity index (χ1) is 12.0. The van der Waals surface area contributed by atoms with Gasteiger partial charge in [-0.05, 0) is 48.5 Å². The fourth-order valence-corrected chi connectivity index (χ4v) is 2.10. The van der Waals surface area contributed by atoms with Crippen LogP contribution in [0.1, 0.15) is 15.9 Å². The molecule has 0 saturated heterocycles. The molecule has 0 aliphatic carbocycles. The lowest BCUT2D eigenvalue weighted by atomic mass is 10.0. The van der Waals surface area contributed by atoms with Gasteiger partial charge in [0.15, 0.2) is 5.78 Å². The van der Waals surface area contributed by atoms with Gasteiger partial charge in [-0.25, -0.2) is 9.37 Å². The summed E-state index contributed by atoms with van der Waals surface area (Å²) in [5.74, 6) is -0.0175. The van der Waals surface area contributed by atoms with Crippen LogP contribution in [-0.4, -0.2) is 15.7 Å². The molecule has 124 valence electrons. The molecule has 3 aromatic rings. The predicted molar refractivity (Wildman–Crippen MR) is 87.2 cm³/mol. The Hall–Kier alpha value is -3.61. The van der Waals surface area contributed by atoms with Gasteiger partial charge < -0.3 is 4.74 Å². The molecule has 3 rings (SSSR count). The van der Waals surface area contributed by atoms with Crippen molar-refractivity contribution in [2.45, 2.75) is 0 Å². The van der Waals surface area contributed by atoms with Gasteiger partial charge in [0.2, 0.25) is 5.88 Å². The van der Waals surface area contributed by atoms with Gasteiger partial charge in [-0.3, -0.25) is 14.9 Å². The van der Waals surface area contributed by atoms with Crippen LogP contribution < -0.4 is 4.74 Å². The highest BCUT2D eigenvalue weighted by molar-refractivity contribution is 6.08. The van der Waals surface area contributed by atoms with E-state index in [1.165, 1.54) is 36.4 Å². The number of hydrogen-bond donors (Lipinski definition) is 0. The van der Waals surface area contributed by atoms with E-state index in [1.54, 1.807) is 24.3 Å². The zero-order chi connectivity index (χ0) is 17.8. The number of pyridine rings is 1. The van der Waals surface area contributed by atoms with E-state index in [0.29, 0.717) is 16.9 Å². The van der Waals surface area contributed by atoms with Crippen LogP contribution in [0.25, 0.3) is 0 Å². The fourth-order valence-electron chi connectivity index (χ4n) is 2.10. The van der Waals surface area contributed by atoms with Crippen LogP contribution in [0.3, 0.4) is 0 Å². The molecule has 0 saturated carbocycles. The summed E-state index contributed by atoms with van der Waals surface area (Å²) in [7, 11) is 0. The number of aromatic nitrogens is 1. The Bertz CT molecular complexity index is 907. The molecule has 2 aromatic carbocycles. The van der Waals surface area contributed by atoms with E-state index in [4.69, 9.17) is 4.74 Å². The Morgan fingerprint density at radius 1 is 0.960 bits per heavy atom. The van der Waals surface area contributed by atoms with Crippen molar-refractivity contribution in [1.29, 1.82) is 0 Å². The van der Waals surface area contributed by atoms with Gasteiger partial charge in [-0.2, -0.15) is 0 Å². The van der Waals surface area contributed by atoms with Crippen LogP contribution in [0.4, 0.5) is 10.1 Å². The maximum absolute atomic E-state index is 12.9. The number of carbonyl (C=O) groups is 1. The molecule has 7 heteroatoms. The molecular formula is C18H11FN2O4. The smallest absolute Gasteiger partial charge is 0.287 e. The average molecular weight is 338 g/mol. The highest BCUT2D eigenvalue weighted by atomic mass is 19.1. The van der Waals surface area contributed by atoms with Gasteiger partial charge in [0.25, 0.3) is 5.69 Å². The van der Waals surface area contributed by atoms with Crippen molar-refractivity contribution in [3.05, 3.63) is 93.9 Å². The zero-order valence-electron chi connectivity index (χ0n) is 12.8. The van der Waals surface area contributed by atoms with Gasteiger partial charge in [0.1, 0.15) is 17.8 Å². The maximum Gasteiger partial charge on any atom is 0.287 e. The summed E-state index contributed by atoms with van der Waals surface area (Å²) in [4.78, 5) is 26.2. The fraction of sp³-hybridized carbons (Fsp3) is 0. The van der Waals surface area contributed by atoms with E-state index in [9.17, 15) is 19.3 Å². The molecule has 0 aliphatic rings. The van der Waals surface area contributed by atoms with Gasteiger partial charge in [-0.1, -0.05) is 0 Å². The minimum Gasteiger partial charge on any atom is -0.439 e. The van der Waals surface area contributed by atoms with Gasteiger partial charge in [-0.15, -0.1) is 0 Å². The van der Waals surface area contributed by atoms with Gasteiger partial charge in [0, 0.05) is 23.3 Å². The molecule has 6 nitrogen and oxygen atoms in total. The molecule has 0 unspecified atom stereocenters. The number of carbonyl (C=O) groups excluding carboxylic acids is 1. The molecule has 25 heavy (non-hydrogen) atoms. The van der Waals surface area contributed by atoms with E-state index in [1.807, 2.05) is 0 Å². The average Bonchev–Trinajstić information content (AvgIpc) is 2.63. The van der Waals surface area contributed by atoms with Gasteiger partial charge >= 0.3 is 0 Å². The summed E-state index contributed by atoms with van der Waals surface area (Å²) in [6.45, 7) is 0. The zero-order valence-corrected chi connectivity index (χ0v) is 12.8. The maximum atomic E-state index is 12.9. The molecule has 0 amide bonds. The lowest BCUT2D eigenvalue weighted by Crippen LogP contribution is -2.01. The summed E-state index contributed by atoms with van der Waals surface area (Å²) < 4.78 is 18.4. The van der Waals surface area contributed by atoms with Crippen molar-refractivity contribution in [3.63, 3.8) is 0 Å². The third-order valence-corrected chi connectivity index (χ3v) is 3.38. The Labute approximate surface area is 141 Å². The van der Waals surface area contributed by atoms with E-state index in [-0.39, 0.29) is 17.4 Å².